The molecule has 2 fully saturated rings. The minimum absolute atomic E-state index is 0.0149. The van der Waals surface area contributed by atoms with E-state index in [1.165, 1.54) is 24.3 Å². The summed E-state index contributed by atoms with van der Waals surface area (Å²) in [4.78, 5) is 53.1. The lowest BCUT2D eigenvalue weighted by Gasteiger charge is -2.22. The molecule has 0 aliphatic carbocycles. The second kappa shape index (κ2) is 24.8. The van der Waals surface area contributed by atoms with Crippen LogP contribution in [-0.2, 0) is 57.2 Å². The normalized spacial score (nSPS) is 16.0. The second-order valence-corrected chi connectivity index (χ2v) is 17.3. The van der Waals surface area contributed by atoms with E-state index in [1.807, 2.05) is 0 Å². The molecule has 5 rings (SSSR count). The fraction of sp³-hybridized carbons (Fsp3) is 0.500. The van der Waals surface area contributed by atoms with Gasteiger partial charge in [-0.3, -0.25) is 30.0 Å². The molecular weight excluding hydrogens is 899 g/mol. The van der Waals surface area contributed by atoms with Gasteiger partial charge in [0.25, 0.3) is 0 Å². The van der Waals surface area contributed by atoms with Crippen LogP contribution in [0.2, 0.25) is 0 Å². The number of rotatable bonds is 26. The summed E-state index contributed by atoms with van der Waals surface area (Å²) in [5.74, 6) is -1.88. The highest BCUT2D eigenvalue weighted by molar-refractivity contribution is 5.95. The third-order valence-electron chi connectivity index (χ3n) is 11.5. The van der Waals surface area contributed by atoms with Crippen molar-refractivity contribution in [2.45, 2.75) is 127 Å². The van der Waals surface area contributed by atoms with E-state index in [0.29, 0.717) is 90.4 Å². The van der Waals surface area contributed by atoms with Gasteiger partial charge in [-0.25, -0.2) is 0 Å². The van der Waals surface area contributed by atoms with Gasteiger partial charge in [-0.2, -0.15) is 26.3 Å². The second-order valence-electron chi connectivity index (χ2n) is 17.3. The third-order valence-corrected chi connectivity index (χ3v) is 11.5. The Morgan fingerprint density at radius 3 is 1.21 bits per heavy atom. The van der Waals surface area contributed by atoms with E-state index in [0.717, 1.165) is 24.3 Å². The third kappa shape index (κ3) is 17.2. The van der Waals surface area contributed by atoms with Crippen molar-refractivity contribution in [1.82, 2.24) is 10.6 Å². The molecule has 68 heavy (non-hydrogen) atoms. The molecule has 2 aliphatic rings. The molecular formula is C48H60F6N8O6. The Labute approximate surface area is 391 Å². The van der Waals surface area contributed by atoms with Crippen LogP contribution in [0.4, 0.5) is 37.7 Å². The zero-order valence-electron chi connectivity index (χ0n) is 37.8. The molecule has 2 amide bonds. The van der Waals surface area contributed by atoms with Gasteiger partial charge in [-0.1, -0.05) is 12.8 Å². The van der Waals surface area contributed by atoms with Crippen molar-refractivity contribution in [3.8, 4) is 11.5 Å². The maximum absolute atomic E-state index is 14.2. The smallest absolute Gasteiger partial charge is 0.416 e. The van der Waals surface area contributed by atoms with Crippen molar-refractivity contribution in [1.29, 1.82) is 10.8 Å². The van der Waals surface area contributed by atoms with Crippen LogP contribution in [0.3, 0.4) is 0 Å². The van der Waals surface area contributed by atoms with E-state index in [4.69, 9.17) is 31.8 Å². The van der Waals surface area contributed by atoms with Crippen molar-refractivity contribution in [3.05, 3.63) is 81.9 Å². The maximum Gasteiger partial charge on any atom is 0.416 e. The van der Waals surface area contributed by atoms with Crippen molar-refractivity contribution in [2.75, 3.05) is 36.8 Å². The Morgan fingerprint density at radius 2 is 0.897 bits per heavy atom. The molecule has 2 atom stereocenters. The van der Waals surface area contributed by atoms with E-state index in [2.05, 4.69) is 21.3 Å². The summed E-state index contributed by atoms with van der Waals surface area (Å²) in [7, 11) is 0. The number of hydrogen-bond acceptors (Lipinski definition) is 10. The first-order valence-corrected chi connectivity index (χ1v) is 22.8. The predicted octanol–water partition coefficient (Wildman–Crippen LogP) is 7.56. The molecule has 20 heteroatoms. The number of unbranched alkanes of at least 4 members (excludes halogenated alkanes) is 4. The highest BCUT2D eigenvalue weighted by atomic mass is 19.4. The van der Waals surface area contributed by atoms with Crippen LogP contribution < -0.4 is 42.2 Å². The van der Waals surface area contributed by atoms with Crippen molar-refractivity contribution < 1.29 is 55.0 Å². The van der Waals surface area contributed by atoms with E-state index in [-0.39, 0.29) is 94.0 Å². The first-order chi connectivity index (χ1) is 32.2. The number of amidine groups is 2. The lowest BCUT2D eigenvalue weighted by atomic mass is 9.96. The number of ketones is 2. The van der Waals surface area contributed by atoms with Crippen molar-refractivity contribution >= 4 is 46.4 Å². The molecule has 3 aromatic rings. The molecule has 14 nitrogen and oxygen atoms in total. The molecule has 0 aromatic heterocycles. The van der Waals surface area contributed by atoms with Crippen molar-refractivity contribution in [3.63, 3.8) is 0 Å². The maximum atomic E-state index is 14.2. The van der Waals surface area contributed by atoms with Crippen LogP contribution >= 0.6 is 0 Å². The quantitative estimate of drug-likeness (QED) is 0.0170. The topological polar surface area (TPSA) is 235 Å². The monoisotopic (exact) mass is 958 g/mol. The molecule has 2 unspecified atom stereocenters. The van der Waals surface area contributed by atoms with E-state index < -0.39 is 60.3 Å². The summed E-state index contributed by atoms with van der Waals surface area (Å²) < 4.78 is 97.9. The molecule has 0 bridgehead atoms. The van der Waals surface area contributed by atoms with Gasteiger partial charge in [0.05, 0.1) is 35.6 Å². The van der Waals surface area contributed by atoms with Crippen LogP contribution in [0.15, 0.2) is 48.5 Å². The molecule has 0 saturated carbocycles. The first-order valence-electron chi connectivity index (χ1n) is 22.8. The van der Waals surface area contributed by atoms with Gasteiger partial charge < -0.3 is 42.2 Å². The Bertz CT molecular complexity index is 2100. The average molecular weight is 959 g/mol. The van der Waals surface area contributed by atoms with Gasteiger partial charge in [0.1, 0.15) is 35.3 Å². The fourth-order valence-electron chi connectivity index (χ4n) is 8.08. The molecule has 3 aromatic carbocycles. The van der Waals surface area contributed by atoms with Gasteiger partial charge in [0.15, 0.2) is 0 Å². The van der Waals surface area contributed by atoms with Gasteiger partial charge in [0.2, 0.25) is 11.8 Å². The number of alkyl halides is 6. The van der Waals surface area contributed by atoms with Gasteiger partial charge in [-0.15, -0.1) is 0 Å². The summed E-state index contributed by atoms with van der Waals surface area (Å²) in [5, 5.41) is 26.3. The van der Waals surface area contributed by atoms with Crippen LogP contribution in [-0.4, -0.2) is 73.4 Å². The average Bonchev–Trinajstić information content (AvgIpc) is 3.97. The molecule has 0 radical (unpaired) electrons. The van der Waals surface area contributed by atoms with Gasteiger partial charge in [-0.05, 0) is 100 Å². The van der Waals surface area contributed by atoms with Crippen LogP contribution in [0.1, 0.15) is 110 Å². The number of ether oxygens (including phenoxy) is 2. The largest absolute Gasteiger partial charge is 0.488 e. The number of carbonyl (C=O) groups is 4. The number of carbonyl (C=O) groups excluding carboxylic acids is 4. The van der Waals surface area contributed by atoms with Crippen LogP contribution in [0.5, 0.6) is 11.5 Å². The van der Waals surface area contributed by atoms with Gasteiger partial charge in [0, 0.05) is 85.2 Å². The summed E-state index contributed by atoms with van der Waals surface area (Å²) >= 11 is 0. The minimum Gasteiger partial charge on any atom is -0.488 e. The van der Waals surface area contributed by atoms with Crippen molar-refractivity contribution in [2.24, 2.45) is 11.5 Å². The Balaban J connectivity index is 1.29. The minimum atomic E-state index is -4.80. The van der Waals surface area contributed by atoms with E-state index >= 15 is 0 Å². The number of benzene rings is 3. The van der Waals surface area contributed by atoms with Gasteiger partial charge >= 0.3 is 12.4 Å². The lowest BCUT2D eigenvalue weighted by Crippen LogP contribution is -2.23. The summed E-state index contributed by atoms with van der Waals surface area (Å²) in [6.45, 7) is 2.06. The number of hydrogen-bond donors (Lipinski definition) is 8. The SMILES string of the molecule is N=C(N)CCCCCC(=O)Cc1cc(C(F)(F)F)cc(CC(=O)Nc2ccc(NC(=O)Cc3cc(C(F)(F)F)cc(CC(=O)CCCCCC(=N)N)c3OC3CCNC3)cc2)c1OC1CCNC1. The predicted molar refractivity (Wildman–Crippen MR) is 245 cm³/mol. The Morgan fingerprint density at radius 1 is 0.559 bits per heavy atom. The number of halogens is 6. The van der Waals surface area contributed by atoms with E-state index in [9.17, 15) is 45.5 Å². The summed E-state index contributed by atoms with van der Waals surface area (Å²) in [6, 6.07) is 9.18. The Kier molecular flexibility index (Phi) is 19.3. The number of Topliss-reactive ketones (excluding diaryl/α,β-unsaturated/α-hetero) is 2. The number of amides is 2. The fourth-order valence-corrected chi connectivity index (χ4v) is 8.08. The molecule has 2 heterocycles. The molecule has 0 spiro atoms. The summed E-state index contributed by atoms with van der Waals surface area (Å²) in [5.41, 5.74) is 9.04. The highest BCUT2D eigenvalue weighted by Crippen LogP contribution is 2.39. The number of nitrogens with two attached hydrogens (primary N) is 2. The lowest BCUT2D eigenvalue weighted by molar-refractivity contribution is -0.138. The Hall–Kier alpha value is -6.02. The zero-order chi connectivity index (χ0) is 49.4. The molecule has 2 saturated heterocycles. The number of nitrogens with one attached hydrogen (secondary N) is 6. The zero-order valence-corrected chi connectivity index (χ0v) is 37.8. The van der Waals surface area contributed by atoms with Crippen LogP contribution in [0.25, 0.3) is 0 Å². The first kappa shape index (κ1) is 52.9. The number of anilines is 2. The van der Waals surface area contributed by atoms with E-state index in [1.54, 1.807) is 0 Å². The van der Waals surface area contributed by atoms with Crippen LogP contribution in [0, 0.1) is 10.8 Å². The molecule has 370 valence electrons. The summed E-state index contributed by atoms with van der Waals surface area (Å²) in [6.07, 6.45) is -6.80. The standard InChI is InChI=1S/C48H60F6N8O6/c49-47(50,51)33-19-29(23-37(63)7-3-1-5-9-41(55)56)45(67-39-15-17-59-27-39)31(21-33)25-43(65)61-35-11-13-36(14-12-35)62-44(66)26-32-22-34(48(52,53)54)20-30(46(32)68-40-16-18-60-28-40)24-38(64)8-4-2-6-10-42(57)58/h11-14,19-22,39-40,59-60H,1-10,15-18,23-28H2,(H3,55,56)(H3,57,58)(H,61,65)(H,62,66). The molecule has 10 N–H and O–H groups in total. The molecule has 2 aliphatic heterocycles. The highest BCUT2D eigenvalue weighted by Gasteiger charge is 2.35.